The molecule has 2 heteroatoms. The third kappa shape index (κ3) is 4.82. The molecule has 2 unspecified atom stereocenters. The number of fused-ring (bicyclic) bond motifs is 2. The van der Waals surface area contributed by atoms with Crippen LogP contribution in [0.4, 0.5) is 0 Å². The smallest absolute Gasteiger partial charge is 0.184 e. The molecular formula is C37H38O2. The first-order valence-electron chi connectivity index (χ1n) is 14.6. The summed E-state index contributed by atoms with van der Waals surface area (Å²) in [6, 6.07) is 38.2. The van der Waals surface area contributed by atoms with Crippen molar-refractivity contribution >= 4 is 5.78 Å². The first-order chi connectivity index (χ1) is 19.1. The van der Waals surface area contributed by atoms with Crippen LogP contribution in [0.1, 0.15) is 60.9 Å². The van der Waals surface area contributed by atoms with Crippen molar-refractivity contribution in [2.45, 2.75) is 51.6 Å². The van der Waals surface area contributed by atoms with E-state index in [1.54, 1.807) is 0 Å². The fourth-order valence-electron chi connectivity index (χ4n) is 7.05. The van der Waals surface area contributed by atoms with Gasteiger partial charge < -0.3 is 4.74 Å². The molecule has 4 aromatic rings. The zero-order valence-electron chi connectivity index (χ0n) is 23.1. The van der Waals surface area contributed by atoms with E-state index in [4.69, 9.17) is 4.74 Å². The Morgan fingerprint density at radius 2 is 1.28 bits per heavy atom. The fourth-order valence-corrected chi connectivity index (χ4v) is 7.05. The Bertz CT molecular complexity index is 1310. The lowest BCUT2D eigenvalue weighted by Crippen LogP contribution is -2.37. The minimum Gasteiger partial charge on any atom is -0.473 e. The van der Waals surface area contributed by atoms with Gasteiger partial charge in [-0.25, -0.2) is 0 Å². The van der Waals surface area contributed by atoms with E-state index in [1.807, 2.05) is 0 Å². The van der Waals surface area contributed by atoms with Crippen LogP contribution in [-0.4, -0.2) is 5.78 Å². The second-order valence-electron chi connectivity index (χ2n) is 11.9. The summed E-state index contributed by atoms with van der Waals surface area (Å²) < 4.78 is 7.35. The summed E-state index contributed by atoms with van der Waals surface area (Å²) in [4.78, 5) is 13.1. The highest BCUT2D eigenvalue weighted by Gasteiger charge is 2.46. The predicted molar refractivity (Wildman–Crippen MR) is 158 cm³/mol. The molecule has 1 fully saturated rings. The molecule has 0 N–H and O–H groups in total. The van der Waals surface area contributed by atoms with Crippen molar-refractivity contribution in [1.29, 1.82) is 0 Å². The molecule has 0 aromatic heterocycles. The van der Waals surface area contributed by atoms with Crippen LogP contribution in [0.15, 0.2) is 109 Å². The number of Topliss-reactive ketones (excluding diaryl/α,β-unsaturated/α-hetero) is 1. The average molecular weight is 515 g/mol. The second kappa shape index (κ2) is 10.8. The number of carbonyl (C=O) groups is 1. The number of ether oxygens (including phenoxy) is 1. The van der Waals surface area contributed by atoms with Crippen LogP contribution in [0.2, 0.25) is 0 Å². The summed E-state index contributed by atoms with van der Waals surface area (Å²) >= 11 is 0. The van der Waals surface area contributed by atoms with Gasteiger partial charge in [-0.05, 0) is 54.2 Å². The van der Waals surface area contributed by atoms with Crippen molar-refractivity contribution in [1.82, 2.24) is 0 Å². The molecule has 2 aliphatic rings. The van der Waals surface area contributed by atoms with Gasteiger partial charge >= 0.3 is 0 Å². The first kappa shape index (κ1) is 25.6. The monoisotopic (exact) mass is 514 g/mol. The van der Waals surface area contributed by atoms with E-state index in [1.165, 1.54) is 11.1 Å². The van der Waals surface area contributed by atoms with Crippen LogP contribution in [0.25, 0.3) is 0 Å². The van der Waals surface area contributed by atoms with Gasteiger partial charge in [0.1, 0.15) is 11.5 Å². The van der Waals surface area contributed by atoms with Crippen molar-refractivity contribution in [3.8, 4) is 5.75 Å². The lowest BCUT2D eigenvalue weighted by molar-refractivity contribution is -0.121. The molecule has 39 heavy (non-hydrogen) atoms. The minimum atomic E-state index is -0.805. The number of ketones is 1. The Kier molecular flexibility index (Phi) is 7.12. The highest BCUT2D eigenvalue weighted by molar-refractivity contribution is 5.84. The summed E-state index contributed by atoms with van der Waals surface area (Å²) in [5.41, 5.74) is 5.11. The van der Waals surface area contributed by atoms with Crippen LogP contribution in [0.3, 0.4) is 0 Å². The van der Waals surface area contributed by atoms with Crippen LogP contribution in [0, 0.1) is 23.7 Å². The number of hydrogen-bond donors (Lipinski definition) is 0. The van der Waals surface area contributed by atoms with E-state index in [0.717, 1.165) is 48.1 Å². The van der Waals surface area contributed by atoms with Crippen LogP contribution in [-0.2, 0) is 23.2 Å². The Morgan fingerprint density at radius 1 is 0.718 bits per heavy atom. The van der Waals surface area contributed by atoms with Gasteiger partial charge in [-0.1, -0.05) is 123 Å². The lowest BCUT2D eigenvalue weighted by atomic mass is 9.73. The molecule has 0 bridgehead atoms. The van der Waals surface area contributed by atoms with Gasteiger partial charge in [0.25, 0.3) is 0 Å². The first-order valence-corrected chi connectivity index (χ1v) is 14.6. The minimum absolute atomic E-state index is 0.215. The molecule has 2 nitrogen and oxygen atoms in total. The quantitative estimate of drug-likeness (QED) is 0.221. The van der Waals surface area contributed by atoms with Crippen molar-refractivity contribution in [2.24, 2.45) is 23.7 Å². The third-order valence-corrected chi connectivity index (χ3v) is 9.01. The van der Waals surface area contributed by atoms with E-state index < -0.39 is 5.60 Å². The van der Waals surface area contributed by atoms with Gasteiger partial charge in [0.15, 0.2) is 5.60 Å². The average Bonchev–Trinajstić information content (AvgIpc) is 3.28. The van der Waals surface area contributed by atoms with Crippen molar-refractivity contribution in [3.63, 3.8) is 0 Å². The van der Waals surface area contributed by atoms with E-state index in [2.05, 4.69) is 123 Å². The number of rotatable bonds is 8. The molecular weight excluding hydrogens is 476 g/mol. The molecule has 0 radical (unpaired) electrons. The van der Waals surface area contributed by atoms with Gasteiger partial charge in [0.05, 0.1) is 0 Å². The number of carbonyl (C=O) groups excluding carboxylic acids is 1. The molecule has 3 atom stereocenters. The zero-order chi connectivity index (χ0) is 26.8. The Morgan fingerprint density at radius 3 is 1.82 bits per heavy atom. The predicted octanol–water partition coefficient (Wildman–Crippen LogP) is 8.41. The van der Waals surface area contributed by atoms with E-state index in [9.17, 15) is 4.79 Å². The maximum Gasteiger partial charge on any atom is 0.184 e. The Balaban J connectivity index is 1.44. The molecule has 198 valence electrons. The summed E-state index contributed by atoms with van der Waals surface area (Å²) in [6.07, 6.45) is 4.75. The highest BCUT2D eigenvalue weighted by atomic mass is 16.5. The van der Waals surface area contributed by atoms with Crippen LogP contribution in [0.5, 0.6) is 5.75 Å². The van der Waals surface area contributed by atoms with Gasteiger partial charge in [0.2, 0.25) is 0 Å². The SMILES string of the molecule is CC(C)CCC1C(=O)CC2Cc3c(cccc3OC(c3ccccc3)(c3ccccc3)c3ccccc3)C[C@@H]21. The Hall–Kier alpha value is -3.65. The molecule has 6 rings (SSSR count). The normalized spacial score (nSPS) is 20.5. The van der Waals surface area contributed by atoms with E-state index >= 15 is 0 Å². The molecule has 0 amide bonds. The summed E-state index contributed by atoms with van der Waals surface area (Å²) in [7, 11) is 0. The van der Waals surface area contributed by atoms with E-state index in [-0.39, 0.29) is 5.92 Å². The van der Waals surface area contributed by atoms with Gasteiger partial charge in [-0.15, -0.1) is 0 Å². The standard InChI is InChI=1S/C37H38O2/c1-26(2)21-22-32-33-23-27-13-12-20-36(34(27)24-28(33)25-35(32)38)39-37(29-14-6-3-7-15-29,30-16-8-4-9-17-30)31-18-10-5-11-19-31/h3-20,26,28,32-33H,21-25H2,1-2H3/t28?,32?,33-/m0/s1. The lowest BCUT2D eigenvalue weighted by Gasteiger charge is -2.38. The topological polar surface area (TPSA) is 26.3 Å². The van der Waals surface area contributed by atoms with Crippen LogP contribution < -0.4 is 4.74 Å². The maximum atomic E-state index is 13.1. The second-order valence-corrected chi connectivity index (χ2v) is 11.9. The fraction of sp³-hybridized carbons (Fsp3) is 0.324. The molecule has 0 saturated heterocycles. The zero-order valence-corrected chi connectivity index (χ0v) is 23.1. The maximum absolute atomic E-state index is 13.1. The summed E-state index contributed by atoms with van der Waals surface area (Å²) in [5.74, 6) is 3.13. The highest BCUT2D eigenvalue weighted by Crippen LogP contribution is 2.49. The third-order valence-electron chi connectivity index (χ3n) is 9.01. The molecule has 0 aliphatic heterocycles. The van der Waals surface area contributed by atoms with Gasteiger partial charge in [0, 0.05) is 29.0 Å². The van der Waals surface area contributed by atoms with Gasteiger partial charge in [-0.3, -0.25) is 4.79 Å². The molecule has 4 aromatic carbocycles. The van der Waals surface area contributed by atoms with E-state index in [0.29, 0.717) is 30.0 Å². The number of benzene rings is 4. The Labute approximate surface area is 233 Å². The summed E-state index contributed by atoms with van der Waals surface area (Å²) in [6.45, 7) is 4.52. The molecule has 0 heterocycles. The van der Waals surface area contributed by atoms with Crippen molar-refractivity contribution in [2.75, 3.05) is 0 Å². The van der Waals surface area contributed by atoms with Crippen molar-refractivity contribution in [3.05, 3.63) is 137 Å². The molecule has 0 spiro atoms. The molecule has 1 saturated carbocycles. The van der Waals surface area contributed by atoms with Crippen LogP contribution >= 0.6 is 0 Å². The van der Waals surface area contributed by atoms with Gasteiger partial charge in [-0.2, -0.15) is 0 Å². The molecule has 2 aliphatic carbocycles. The largest absolute Gasteiger partial charge is 0.473 e. The van der Waals surface area contributed by atoms with Crippen molar-refractivity contribution < 1.29 is 9.53 Å². The summed E-state index contributed by atoms with van der Waals surface area (Å²) in [5, 5.41) is 0. The number of hydrogen-bond acceptors (Lipinski definition) is 2.